The lowest BCUT2D eigenvalue weighted by atomic mass is 9.82. The van der Waals surface area contributed by atoms with Crippen LogP contribution < -0.4 is 20.1 Å². The fourth-order valence-electron chi connectivity index (χ4n) is 6.87. The lowest BCUT2D eigenvalue weighted by Gasteiger charge is -2.28. The second kappa shape index (κ2) is 17.2. The summed E-state index contributed by atoms with van der Waals surface area (Å²) in [5, 5.41) is 6.66. The van der Waals surface area contributed by atoms with E-state index in [-0.39, 0.29) is 0 Å². The summed E-state index contributed by atoms with van der Waals surface area (Å²) >= 11 is 0. The van der Waals surface area contributed by atoms with Gasteiger partial charge in [0.2, 0.25) is 0 Å². The van der Waals surface area contributed by atoms with Crippen LogP contribution in [0.1, 0.15) is 63.1 Å². The second-order valence-electron chi connectivity index (χ2n) is 13.9. The Balaban J connectivity index is 1.81. The van der Waals surface area contributed by atoms with Crippen LogP contribution in [-0.4, -0.2) is 46.9 Å². The van der Waals surface area contributed by atoms with E-state index in [1.807, 2.05) is 50.2 Å². The molecule has 0 aliphatic carbocycles. The highest BCUT2D eigenvalue weighted by Gasteiger charge is 2.50. The van der Waals surface area contributed by atoms with E-state index >= 15 is 13.2 Å². The zero-order chi connectivity index (χ0) is 41.9. The summed E-state index contributed by atoms with van der Waals surface area (Å²) in [6.45, 7) is 7.40. The monoisotopic (exact) mass is 796 g/mol. The molecule has 0 bridgehead atoms. The third-order valence-corrected chi connectivity index (χ3v) is 10.00. The van der Waals surface area contributed by atoms with Crippen molar-refractivity contribution < 1.29 is 46.0 Å². The standard InChI is InChI=1S/C46H44F4N2O6/c1-25-9-19-33(37(21-25)51-27(3)54-5)35(29-11-15-31(56-7)16-12-29)23-46(40-39(45(53)58-46)41(47)43(49)44(50)42(40)48)24-36(30-13-17-32(57-8)18-14-30)34-20-10-26(2)22-38(34)52-28(4)55-6/h9-24,27-28,51-52H,1-8H3. The number of aryl methyl sites for hydroxylation is 2. The summed E-state index contributed by atoms with van der Waals surface area (Å²) in [5.41, 5.74) is 1.38. The minimum absolute atomic E-state index is 0.347. The maximum atomic E-state index is 16.7. The number of esters is 1. The fourth-order valence-corrected chi connectivity index (χ4v) is 6.87. The van der Waals surface area contributed by atoms with E-state index < -0.39 is 58.4 Å². The number of hydrogen-bond acceptors (Lipinski definition) is 8. The quantitative estimate of drug-likeness (QED) is 0.0378. The first-order valence-corrected chi connectivity index (χ1v) is 18.4. The predicted octanol–water partition coefficient (Wildman–Crippen LogP) is 10.3. The van der Waals surface area contributed by atoms with Crippen LogP contribution in [0, 0.1) is 37.1 Å². The van der Waals surface area contributed by atoms with Gasteiger partial charge in [0.25, 0.3) is 0 Å². The van der Waals surface area contributed by atoms with Gasteiger partial charge in [0.1, 0.15) is 29.5 Å². The van der Waals surface area contributed by atoms with E-state index in [2.05, 4.69) is 10.6 Å². The lowest BCUT2D eigenvalue weighted by Crippen LogP contribution is -2.25. The Hall–Kier alpha value is -6.11. The maximum Gasteiger partial charge on any atom is 0.343 e. The van der Waals surface area contributed by atoms with Gasteiger partial charge in [0, 0.05) is 36.7 Å². The summed E-state index contributed by atoms with van der Waals surface area (Å²) in [5.74, 6) is -8.24. The molecule has 0 saturated heterocycles. The van der Waals surface area contributed by atoms with E-state index in [1.165, 1.54) is 40.6 Å². The smallest absolute Gasteiger partial charge is 0.343 e. The SMILES string of the molecule is COc1ccc(C(=CC2(C=C(c3ccc(OC)cc3)c3ccc(C)cc3NC(C)OC)OC(=O)c3c(F)c(F)c(F)c(F)c32)c2ccc(C)cc2NC(C)OC)cc1. The van der Waals surface area contributed by atoms with Crippen molar-refractivity contribution in [2.24, 2.45) is 0 Å². The summed E-state index contributed by atoms with van der Waals surface area (Å²) in [4.78, 5) is 13.9. The number of halogens is 4. The molecule has 1 heterocycles. The second-order valence-corrected chi connectivity index (χ2v) is 13.9. The number of ether oxygens (including phenoxy) is 5. The topological polar surface area (TPSA) is 87.3 Å². The van der Waals surface area contributed by atoms with Crippen molar-refractivity contribution in [1.82, 2.24) is 0 Å². The molecular formula is C46H44F4N2O6. The molecule has 1 aliphatic heterocycles. The molecule has 0 spiro atoms. The Morgan fingerprint density at radius 1 is 0.621 bits per heavy atom. The molecule has 0 amide bonds. The number of rotatable bonds is 14. The highest BCUT2D eigenvalue weighted by molar-refractivity contribution is 5.99. The number of anilines is 2. The molecule has 12 heteroatoms. The van der Waals surface area contributed by atoms with E-state index in [4.69, 9.17) is 23.7 Å². The van der Waals surface area contributed by atoms with Crippen LogP contribution in [-0.2, 0) is 19.8 Å². The molecule has 0 radical (unpaired) electrons. The first-order valence-electron chi connectivity index (χ1n) is 18.4. The zero-order valence-corrected chi connectivity index (χ0v) is 33.4. The van der Waals surface area contributed by atoms with E-state index in [9.17, 15) is 9.18 Å². The summed E-state index contributed by atoms with van der Waals surface area (Å²) in [6.07, 6.45) is 1.88. The molecule has 2 N–H and O–H groups in total. The minimum atomic E-state index is -2.42. The molecule has 5 aromatic carbocycles. The lowest BCUT2D eigenvalue weighted by molar-refractivity contribution is 0.0291. The molecule has 2 atom stereocenters. The highest BCUT2D eigenvalue weighted by atomic mass is 19.2. The van der Waals surface area contributed by atoms with E-state index in [0.29, 0.717) is 56.3 Å². The van der Waals surface area contributed by atoms with Crippen molar-refractivity contribution >= 4 is 28.5 Å². The first-order chi connectivity index (χ1) is 27.7. The number of cyclic esters (lactones) is 1. The maximum absolute atomic E-state index is 16.7. The van der Waals surface area contributed by atoms with Gasteiger partial charge < -0.3 is 34.3 Å². The third kappa shape index (κ3) is 8.16. The molecule has 58 heavy (non-hydrogen) atoms. The van der Waals surface area contributed by atoms with Crippen LogP contribution in [0.5, 0.6) is 11.5 Å². The fraction of sp³-hybridized carbons (Fsp3) is 0.239. The van der Waals surface area contributed by atoms with Crippen LogP contribution >= 0.6 is 0 Å². The molecule has 5 aromatic rings. The van der Waals surface area contributed by atoms with Crippen molar-refractivity contribution in [2.75, 3.05) is 39.1 Å². The average Bonchev–Trinajstić information content (AvgIpc) is 3.51. The molecule has 0 fully saturated rings. The Morgan fingerprint density at radius 2 is 1.03 bits per heavy atom. The normalized spacial score (nSPS) is 16.4. The molecular weight excluding hydrogens is 753 g/mol. The number of fused-ring (bicyclic) bond motifs is 1. The number of carbonyl (C=O) groups is 1. The van der Waals surface area contributed by atoms with Crippen LogP contribution in [0.15, 0.2) is 97.1 Å². The third-order valence-electron chi connectivity index (χ3n) is 10.00. The number of nitrogens with one attached hydrogen (secondary N) is 2. The van der Waals surface area contributed by atoms with Crippen molar-refractivity contribution in [2.45, 2.75) is 45.8 Å². The van der Waals surface area contributed by atoms with Gasteiger partial charge >= 0.3 is 5.97 Å². The zero-order valence-electron chi connectivity index (χ0n) is 33.4. The predicted molar refractivity (Wildman–Crippen MR) is 216 cm³/mol. The molecule has 6 rings (SSSR count). The minimum Gasteiger partial charge on any atom is -0.497 e. The number of methoxy groups -OCH3 is 4. The van der Waals surface area contributed by atoms with E-state index in [1.54, 1.807) is 62.4 Å². The van der Waals surface area contributed by atoms with E-state index in [0.717, 1.165) is 11.1 Å². The van der Waals surface area contributed by atoms with Gasteiger partial charge in [-0.15, -0.1) is 0 Å². The number of benzene rings is 5. The molecule has 2 unspecified atom stereocenters. The molecule has 0 aromatic heterocycles. The van der Waals surface area contributed by atoms with Crippen LogP contribution in [0.4, 0.5) is 28.9 Å². The summed E-state index contributed by atoms with van der Waals surface area (Å²) in [6, 6.07) is 24.9. The Morgan fingerprint density at radius 3 is 1.43 bits per heavy atom. The van der Waals surface area contributed by atoms with Gasteiger partial charge in [0.15, 0.2) is 28.9 Å². The first kappa shape index (κ1) is 41.5. The molecule has 1 aliphatic rings. The highest BCUT2D eigenvalue weighted by Crippen LogP contribution is 2.49. The molecule has 8 nitrogen and oxygen atoms in total. The van der Waals surface area contributed by atoms with Crippen molar-refractivity contribution in [3.63, 3.8) is 0 Å². The van der Waals surface area contributed by atoms with Crippen LogP contribution in [0.2, 0.25) is 0 Å². The average molecular weight is 797 g/mol. The van der Waals surface area contributed by atoms with Crippen molar-refractivity contribution in [3.05, 3.63) is 165 Å². The Kier molecular flexibility index (Phi) is 12.3. The summed E-state index contributed by atoms with van der Waals surface area (Å²) < 4.78 is 91.1. The molecule has 302 valence electrons. The van der Waals surface area contributed by atoms with Crippen molar-refractivity contribution in [3.8, 4) is 11.5 Å². The Bertz CT molecular complexity index is 2270. The largest absolute Gasteiger partial charge is 0.497 e. The number of carbonyl (C=O) groups excluding carboxylic acids is 1. The van der Waals surface area contributed by atoms with Gasteiger partial charge in [-0.05, 0) is 110 Å². The van der Waals surface area contributed by atoms with Gasteiger partial charge in [-0.2, -0.15) is 0 Å². The van der Waals surface area contributed by atoms with Crippen molar-refractivity contribution in [1.29, 1.82) is 0 Å². The van der Waals surface area contributed by atoms with Crippen LogP contribution in [0.25, 0.3) is 11.1 Å². The molecule has 0 saturated carbocycles. The van der Waals surface area contributed by atoms with Gasteiger partial charge in [0.05, 0.1) is 19.8 Å². The van der Waals surface area contributed by atoms with Gasteiger partial charge in [-0.25, -0.2) is 22.4 Å². The van der Waals surface area contributed by atoms with Gasteiger partial charge in [-0.3, -0.25) is 0 Å². The number of hydrogen-bond donors (Lipinski definition) is 2. The van der Waals surface area contributed by atoms with Crippen LogP contribution in [0.3, 0.4) is 0 Å². The Labute approximate surface area is 335 Å². The van der Waals surface area contributed by atoms with Gasteiger partial charge in [-0.1, -0.05) is 48.5 Å². The summed E-state index contributed by atoms with van der Waals surface area (Å²) in [7, 11) is 6.11.